The van der Waals surface area contributed by atoms with Crippen molar-refractivity contribution in [2.75, 3.05) is 20.2 Å². The van der Waals surface area contributed by atoms with E-state index in [-0.39, 0.29) is 5.91 Å². The predicted molar refractivity (Wildman–Crippen MR) is 134 cm³/mol. The molecule has 0 bridgehead atoms. The number of aryl methyl sites for hydroxylation is 2. The van der Waals surface area contributed by atoms with Gasteiger partial charge in [-0.3, -0.25) is 9.78 Å². The van der Waals surface area contributed by atoms with E-state index in [0.29, 0.717) is 23.9 Å². The number of H-pyrrole nitrogens is 1. The summed E-state index contributed by atoms with van der Waals surface area (Å²) in [6, 6.07) is 12.2. The number of methoxy groups -OCH3 is 1. The van der Waals surface area contributed by atoms with Crippen LogP contribution in [0.4, 0.5) is 0 Å². The molecule has 0 aliphatic heterocycles. The number of hydrogen-bond donors (Lipinski definition) is 1. The molecule has 0 radical (unpaired) electrons. The van der Waals surface area contributed by atoms with Crippen molar-refractivity contribution in [3.63, 3.8) is 0 Å². The number of hydrogen-bond acceptors (Lipinski definition) is 4. The summed E-state index contributed by atoms with van der Waals surface area (Å²) in [5.41, 5.74) is 6.63. The van der Waals surface area contributed by atoms with Crippen molar-refractivity contribution in [2.24, 2.45) is 5.92 Å². The molecule has 5 rings (SSSR count). The Balaban J connectivity index is 1.41. The molecule has 1 N–H and O–H groups in total. The molecule has 0 spiro atoms. The van der Waals surface area contributed by atoms with E-state index < -0.39 is 0 Å². The van der Waals surface area contributed by atoms with Crippen molar-refractivity contribution < 1.29 is 9.53 Å². The smallest absolute Gasteiger partial charge is 0.274 e. The molecule has 0 saturated heterocycles. The second-order valence-electron chi connectivity index (χ2n) is 9.22. The molecule has 2 aromatic heterocycles. The molecule has 4 aromatic rings. The fourth-order valence-electron chi connectivity index (χ4n) is 4.39. The van der Waals surface area contributed by atoms with E-state index in [4.69, 9.17) is 4.74 Å². The number of nitrogens with one attached hydrogen (secondary N) is 1. The van der Waals surface area contributed by atoms with Gasteiger partial charge in [-0.05, 0) is 73.9 Å². The quantitative estimate of drug-likeness (QED) is 0.390. The maximum Gasteiger partial charge on any atom is 0.274 e. The number of carbonyl (C=O) groups excluding carboxylic acids is 1. The first-order valence-electron chi connectivity index (χ1n) is 11.9. The van der Waals surface area contributed by atoms with Crippen molar-refractivity contribution in [2.45, 2.75) is 33.1 Å². The lowest BCUT2D eigenvalue weighted by Crippen LogP contribution is -2.35. The molecule has 34 heavy (non-hydrogen) atoms. The van der Waals surface area contributed by atoms with Crippen molar-refractivity contribution in [1.29, 1.82) is 0 Å². The van der Waals surface area contributed by atoms with Gasteiger partial charge in [0.25, 0.3) is 5.91 Å². The van der Waals surface area contributed by atoms with Crippen LogP contribution in [-0.4, -0.2) is 46.0 Å². The van der Waals surface area contributed by atoms with Crippen LogP contribution in [0.5, 0.6) is 5.75 Å². The molecule has 6 nitrogen and oxygen atoms in total. The van der Waals surface area contributed by atoms with Gasteiger partial charge >= 0.3 is 0 Å². The first kappa shape index (κ1) is 22.1. The number of rotatable bonds is 8. The Kier molecular flexibility index (Phi) is 6.05. The molecule has 0 unspecified atom stereocenters. The van der Waals surface area contributed by atoms with Gasteiger partial charge in [0.05, 0.1) is 7.11 Å². The van der Waals surface area contributed by atoms with Gasteiger partial charge in [0.2, 0.25) is 0 Å². The van der Waals surface area contributed by atoms with Crippen LogP contribution in [0.25, 0.3) is 22.2 Å². The number of carbonyl (C=O) groups is 1. The maximum absolute atomic E-state index is 13.8. The first-order chi connectivity index (χ1) is 16.5. The molecule has 1 aliphatic rings. The van der Waals surface area contributed by atoms with Crippen LogP contribution in [0.3, 0.4) is 0 Å². The maximum atomic E-state index is 13.8. The Morgan fingerprint density at radius 1 is 1.09 bits per heavy atom. The summed E-state index contributed by atoms with van der Waals surface area (Å²) in [4.78, 5) is 28.1. The monoisotopic (exact) mass is 454 g/mol. The third-order valence-electron chi connectivity index (χ3n) is 6.77. The minimum Gasteiger partial charge on any atom is -0.497 e. The van der Waals surface area contributed by atoms with E-state index in [1.165, 1.54) is 29.5 Å². The molecular weight excluding hydrogens is 424 g/mol. The highest BCUT2D eigenvalue weighted by atomic mass is 16.5. The van der Waals surface area contributed by atoms with E-state index in [2.05, 4.69) is 47.0 Å². The zero-order chi connectivity index (χ0) is 23.7. The van der Waals surface area contributed by atoms with Crippen LogP contribution in [0, 0.1) is 19.8 Å². The Morgan fingerprint density at radius 2 is 1.91 bits per heavy atom. The van der Waals surface area contributed by atoms with Crippen molar-refractivity contribution >= 4 is 16.8 Å². The highest BCUT2D eigenvalue weighted by Crippen LogP contribution is 2.31. The van der Waals surface area contributed by atoms with Gasteiger partial charge in [-0.1, -0.05) is 12.1 Å². The first-order valence-corrected chi connectivity index (χ1v) is 11.9. The summed E-state index contributed by atoms with van der Waals surface area (Å²) in [5, 5.41) is 1.16. The lowest BCUT2D eigenvalue weighted by molar-refractivity contribution is 0.0744. The molecule has 2 heterocycles. The zero-order valence-corrected chi connectivity index (χ0v) is 20.0. The lowest BCUT2D eigenvalue weighted by Gasteiger charge is -2.23. The normalized spacial score (nSPS) is 13.3. The van der Waals surface area contributed by atoms with E-state index in [1.807, 2.05) is 29.3 Å². The Labute approximate surface area is 200 Å². The molecule has 1 saturated carbocycles. The molecule has 6 heteroatoms. The Bertz CT molecular complexity index is 1340. The van der Waals surface area contributed by atoms with Gasteiger partial charge in [-0.15, -0.1) is 0 Å². The van der Waals surface area contributed by atoms with Gasteiger partial charge < -0.3 is 14.6 Å². The summed E-state index contributed by atoms with van der Waals surface area (Å²) in [6.45, 7) is 5.56. The summed E-state index contributed by atoms with van der Waals surface area (Å²) < 4.78 is 5.34. The number of nitrogens with zero attached hydrogens (tertiary/aromatic N) is 3. The molecule has 1 fully saturated rings. The number of benzene rings is 2. The largest absolute Gasteiger partial charge is 0.497 e. The number of ether oxygens (including phenoxy) is 1. The summed E-state index contributed by atoms with van der Waals surface area (Å²) in [5.74, 6) is 1.36. The van der Waals surface area contributed by atoms with Crippen LogP contribution < -0.4 is 4.74 Å². The molecule has 0 atom stereocenters. The fourth-order valence-corrected chi connectivity index (χ4v) is 4.39. The minimum absolute atomic E-state index is 0.0465. The SMILES string of the molecule is COc1ccc2c(CCN(CC3CC3)C(=O)c3nccnc3-c3ccc(C)c(C)c3)c[nH]c2c1. The predicted octanol–water partition coefficient (Wildman–Crippen LogP) is 5.35. The third-order valence-corrected chi connectivity index (χ3v) is 6.77. The average molecular weight is 455 g/mol. The summed E-state index contributed by atoms with van der Waals surface area (Å²) in [7, 11) is 1.67. The van der Waals surface area contributed by atoms with E-state index >= 15 is 0 Å². The highest BCUT2D eigenvalue weighted by Gasteiger charge is 2.29. The van der Waals surface area contributed by atoms with E-state index in [0.717, 1.165) is 35.2 Å². The minimum atomic E-state index is -0.0465. The topological polar surface area (TPSA) is 71.1 Å². The third kappa shape index (κ3) is 4.53. The second-order valence-corrected chi connectivity index (χ2v) is 9.22. The number of aromatic amines is 1. The van der Waals surface area contributed by atoms with Crippen molar-refractivity contribution in [3.8, 4) is 17.0 Å². The lowest BCUT2D eigenvalue weighted by atomic mass is 10.0. The average Bonchev–Trinajstić information content (AvgIpc) is 3.60. The number of amides is 1. The molecule has 174 valence electrons. The van der Waals surface area contributed by atoms with Gasteiger partial charge in [0.15, 0.2) is 5.69 Å². The summed E-state index contributed by atoms with van der Waals surface area (Å²) >= 11 is 0. The molecular formula is C28H30N4O2. The van der Waals surface area contributed by atoms with Crippen molar-refractivity contribution in [3.05, 3.63) is 77.4 Å². The van der Waals surface area contributed by atoms with Crippen LogP contribution in [-0.2, 0) is 6.42 Å². The standard InChI is InChI=1S/C28H30N4O2/c1-18-4-7-21(14-19(18)2)26-27(30-12-11-29-26)28(33)32(17-20-5-6-20)13-10-22-16-31-25-15-23(34-3)8-9-24(22)25/h4,7-9,11-12,14-16,20,31H,5-6,10,13,17H2,1-3H3. The fraction of sp³-hybridized carbons (Fsp3) is 0.321. The van der Waals surface area contributed by atoms with Gasteiger partial charge in [0.1, 0.15) is 11.4 Å². The second kappa shape index (κ2) is 9.29. The zero-order valence-electron chi connectivity index (χ0n) is 20.0. The van der Waals surface area contributed by atoms with Crippen LogP contribution in [0.15, 0.2) is 55.0 Å². The van der Waals surface area contributed by atoms with Crippen LogP contribution >= 0.6 is 0 Å². The number of aromatic nitrogens is 3. The van der Waals surface area contributed by atoms with E-state index in [9.17, 15) is 4.79 Å². The molecule has 1 amide bonds. The van der Waals surface area contributed by atoms with Gasteiger partial charge in [-0.25, -0.2) is 4.98 Å². The number of fused-ring (bicyclic) bond motifs is 1. The van der Waals surface area contributed by atoms with Crippen molar-refractivity contribution in [1.82, 2.24) is 19.9 Å². The Morgan fingerprint density at radius 3 is 2.68 bits per heavy atom. The molecule has 2 aromatic carbocycles. The van der Waals surface area contributed by atoms with E-state index in [1.54, 1.807) is 19.5 Å². The van der Waals surface area contributed by atoms with Gasteiger partial charge in [0, 0.05) is 54.2 Å². The van der Waals surface area contributed by atoms with Crippen LogP contribution in [0.2, 0.25) is 0 Å². The van der Waals surface area contributed by atoms with Crippen LogP contribution in [0.1, 0.15) is 40.0 Å². The Hall–Kier alpha value is -3.67. The van der Waals surface area contributed by atoms with Gasteiger partial charge in [-0.2, -0.15) is 0 Å². The summed E-state index contributed by atoms with van der Waals surface area (Å²) in [6.07, 6.45) is 8.44. The highest BCUT2D eigenvalue weighted by molar-refractivity contribution is 5.98. The molecule has 1 aliphatic carbocycles.